The molecule has 222 valence electrons. The molecule has 1 saturated carbocycles. The molecule has 0 bridgehead atoms. The minimum Gasteiger partial charge on any atom is -0.382 e. The molecule has 1 saturated heterocycles. The highest BCUT2D eigenvalue weighted by molar-refractivity contribution is 5.75. The van der Waals surface area contributed by atoms with Crippen LogP contribution in [0.5, 0.6) is 0 Å². The van der Waals surface area contributed by atoms with E-state index in [2.05, 4.69) is 10.6 Å². The van der Waals surface area contributed by atoms with Crippen molar-refractivity contribution in [1.29, 1.82) is 0 Å². The molecule has 1 aliphatic carbocycles. The first-order chi connectivity index (χ1) is 19.4. The van der Waals surface area contributed by atoms with Gasteiger partial charge < -0.3 is 25.0 Å². The van der Waals surface area contributed by atoms with Crippen LogP contribution in [0.4, 0.5) is 20.2 Å². The minimum absolute atomic E-state index is 0.0571. The molecule has 0 spiro atoms. The van der Waals surface area contributed by atoms with Gasteiger partial charge in [0, 0.05) is 51.4 Å². The number of benzene rings is 1. The average molecular weight is 562 g/mol. The first-order valence-corrected chi connectivity index (χ1v) is 15.1. The summed E-state index contributed by atoms with van der Waals surface area (Å²) in [6, 6.07) is 3.98. The van der Waals surface area contributed by atoms with Gasteiger partial charge in [-0.3, -0.25) is 9.59 Å². The fourth-order valence-electron chi connectivity index (χ4n) is 6.45. The molecule has 9 heteroatoms. The Bertz CT molecular complexity index is 1150. The van der Waals surface area contributed by atoms with Crippen molar-refractivity contribution < 1.29 is 18.3 Å². The van der Waals surface area contributed by atoms with Crippen LogP contribution in [0.2, 0.25) is 0 Å². The van der Waals surface area contributed by atoms with Gasteiger partial charge in [-0.2, -0.15) is 0 Å². The second-order valence-electron chi connectivity index (χ2n) is 11.4. The van der Waals surface area contributed by atoms with Crippen LogP contribution in [0.25, 0.3) is 0 Å². The zero-order chi connectivity index (χ0) is 28.5. The quantitative estimate of drug-likeness (QED) is 0.236. The third-order valence-electron chi connectivity index (χ3n) is 8.44. The van der Waals surface area contributed by atoms with Crippen molar-refractivity contribution in [3.63, 3.8) is 0 Å². The Morgan fingerprint density at radius 1 is 1.02 bits per heavy atom. The lowest BCUT2D eigenvalue weighted by Gasteiger charge is -2.39. The fraction of sp³-hybridized carbons (Fsp3) is 0.677. The Morgan fingerprint density at radius 3 is 2.55 bits per heavy atom. The Labute approximate surface area is 236 Å². The number of piperidine rings is 1. The third-order valence-corrected chi connectivity index (χ3v) is 8.44. The van der Waals surface area contributed by atoms with E-state index in [1.165, 1.54) is 38.2 Å². The molecule has 2 aromatic carbocycles. The van der Waals surface area contributed by atoms with E-state index in [1.807, 2.05) is 18.9 Å². The van der Waals surface area contributed by atoms with Crippen LogP contribution in [0.3, 0.4) is 0 Å². The number of hydrogen-bond acceptors (Lipinski definition) is 7. The first kappa shape index (κ1) is 30.6. The number of anilines is 2. The Hall–Kier alpha value is -2.36. The van der Waals surface area contributed by atoms with Crippen molar-refractivity contribution in [1.82, 2.24) is 5.32 Å². The van der Waals surface area contributed by atoms with Crippen molar-refractivity contribution >= 4 is 11.4 Å². The van der Waals surface area contributed by atoms with E-state index in [0.717, 1.165) is 25.3 Å². The second kappa shape index (κ2) is 15.0. The van der Waals surface area contributed by atoms with E-state index in [0.29, 0.717) is 68.7 Å². The van der Waals surface area contributed by atoms with Gasteiger partial charge in [-0.15, -0.1) is 0 Å². The van der Waals surface area contributed by atoms with Crippen molar-refractivity contribution in [2.45, 2.75) is 76.9 Å². The number of hydrogen-bond donors (Lipinski definition) is 2. The number of nitrogens with one attached hydrogen (secondary N) is 2. The zero-order valence-corrected chi connectivity index (χ0v) is 24.0. The highest BCUT2D eigenvalue weighted by Gasteiger charge is 2.35. The van der Waals surface area contributed by atoms with Gasteiger partial charge >= 0.3 is 0 Å². The molecule has 7 nitrogen and oxygen atoms in total. The monoisotopic (exact) mass is 561 g/mol. The molecule has 2 fully saturated rings. The predicted molar refractivity (Wildman–Crippen MR) is 155 cm³/mol. The maximum atomic E-state index is 14.2. The molecule has 3 atom stereocenters. The molecule has 0 radical (unpaired) electrons. The van der Waals surface area contributed by atoms with Crippen molar-refractivity contribution in [3.8, 4) is 0 Å². The van der Waals surface area contributed by atoms with Crippen LogP contribution in [-0.2, 0) is 9.47 Å². The normalized spacial score (nSPS) is 20.1. The minimum atomic E-state index is -0.907. The highest BCUT2D eigenvalue weighted by Crippen LogP contribution is 2.36. The first-order valence-electron chi connectivity index (χ1n) is 15.1. The van der Waals surface area contributed by atoms with Crippen LogP contribution in [0, 0.1) is 23.5 Å². The number of nitrogens with zero attached hydrogens (tertiary/aromatic N) is 1. The maximum absolute atomic E-state index is 14.2. The van der Waals surface area contributed by atoms with E-state index in [9.17, 15) is 18.4 Å². The van der Waals surface area contributed by atoms with Gasteiger partial charge in [0.15, 0.2) is 11.6 Å². The Balaban J connectivity index is 1.49. The van der Waals surface area contributed by atoms with Crippen LogP contribution in [-0.4, -0.2) is 52.5 Å². The summed E-state index contributed by atoms with van der Waals surface area (Å²) in [6.45, 7) is 5.40. The van der Waals surface area contributed by atoms with Gasteiger partial charge in [-0.25, -0.2) is 8.78 Å². The highest BCUT2D eigenvalue weighted by atomic mass is 19.2. The largest absolute Gasteiger partial charge is 0.382 e. The molecule has 2 aliphatic rings. The molecule has 40 heavy (non-hydrogen) atoms. The topological polar surface area (TPSA) is 79.9 Å². The van der Waals surface area contributed by atoms with E-state index >= 15 is 0 Å². The van der Waals surface area contributed by atoms with Crippen molar-refractivity contribution in [3.05, 3.63) is 55.8 Å². The SMILES string of the molecule is CCOCCCO[C@@H](c1ccc(F)c(F)c1)[C@@H]1CCCN(c2c(NC(CNC)CC3CCCCC3)c(=O)c2=O)C1. The number of rotatable bonds is 15. The maximum Gasteiger partial charge on any atom is 0.253 e. The molecular formula is C31H45F2N3O4. The molecule has 2 aromatic rings. The lowest BCUT2D eigenvalue weighted by atomic mass is 9.84. The second-order valence-corrected chi connectivity index (χ2v) is 11.4. The van der Waals surface area contributed by atoms with Gasteiger partial charge in [0.05, 0.1) is 6.10 Å². The Kier molecular flexibility index (Phi) is 11.5. The van der Waals surface area contributed by atoms with Gasteiger partial charge in [0.1, 0.15) is 11.4 Å². The smallest absolute Gasteiger partial charge is 0.253 e. The van der Waals surface area contributed by atoms with Gasteiger partial charge in [0.2, 0.25) is 0 Å². The van der Waals surface area contributed by atoms with E-state index in [4.69, 9.17) is 9.47 Å². The molecular weight excluding hydrogens is 516 g/mol. The van der Waals surface area contributed by atoms with Crippen LogP contribution in [0.1, 0.15) is 76.4 Å². The van der Waals surface area contributed by atoms with Gasteiger partial charge in [-0.1, -0.05) is 38.2 Å². The van der Waals surface area contributed by atoms with E-state index in [1.54, 1.807) is 6.07 Å². The third kappa shape index (κ3) is 7.68. The molecule has 0 aromatic heterocycles. The fourth-order valence-corrected chi connectivity index (χ4v) is 6.45. The van der Waals surface area contributed by atoms with E-state index in [-0.39, 0.29) is 12.0 Å². The summed E-state index contributed by atoms with van der Waals surface area (Å²) in [5, 5.41) is 6.68. The summed E-state index contributed by atoms with van der Waals surface area (Å²) >= 11 is 0. The van der Waals surface area contributed by atoms with Crippen LogP contribution < -0.4 is 26.4 Å². The standard InChI is InChI=1S/C31H45F2N3O4/c1-3-39-15-8-16-40-31(22-12-13-25(32)26(33)18-22)23-11-7-14-36(20-23)28-27(29(37)30(28)38)35-24(19-34-2)17-21-9-5-4-6-10-21/h12-13,18,21,23-24,31,34-35H,3-11,14-17,19-20H2,1-2H3/t23-,24?,31+/m1/s1. The van der Waals surface area contributed by atoms with Gasteiger partial charge in [-0.05, 0) is 63.3 Å². The lowest BCUT2D eigenvalue weighted by molar-refractivity contribution is -0.00485. The summed E-state index contributed by atoms with van der Waals surface area (Å²) in [7, 11) is 1.90. The number of likely N-dealkylation sites (N-methyl/N-ethyl adjacent to an activating group) is 1. The summed E-state index contributed by atoms with van der Waals surface area (Å²) in [4.78, 5) is 27.6. The summed E-state index contributed by atoms with van der Waals surface area (Å²) < 4.78 is 39.6. The lowest BCUT2D eigenvalue weighted by Crippen LogP contribution is -2.49. The Morgan fingerprint density at radius 2 is 1.82 bits per heavy atom. The molecule has 1 unspecified atom stereocenters. The predicted octanol–water partition coefficient (Wildman–Crippen LogP) is 4.93. The zero-order valence-electron chi connectivity index (χ0n) is 24.0. The number of ether oxygens (including phenoxy) is 2. The summed E-state index contributed by atoms with van der Waals surface area (Å²) in [5.41, 5.74) is 0.549. The molecule has 1 heterocycles. The molecule has 1 aliphatic heterocycles. The van der Waals surface area contributed by atoms with Crippen molar-refractivity contribution in [2.75, 3.05) is 56.7 Å². The van der Waals surface area contributed by atoms with Crippen LogP contribution in [0.15, 0.2) is 27.8 Å². The average Bonchev–Trinajstić information content (AvgIpc) is 2.97. The van der Waals surface area contributed by atoms with Crippen molar-refractivity contribution in [2.24, 2.45) is 11.8 Å². The molecule has 2 N–H and O–H groups in total. The van der Waals surface area contributed by atoms with Crippen LogP contribution >= 0.6 is 0 Å². The van der Waals surface area contributed by atoms with Gasteiger partial charge in [0.25, 0.3) is 10.9 Å². The summed E-state index contributed by atoms with van der Waals surface area (Å²) in [5.74, 6) is -1.23. The van der Waals surface area contributed by atoms with E-state index < -0.39 is 28.6 Å². The summed E-state index contributed by atoms with van der Waals surface area (Å²) in [6.07, 6.45) is 9.02. The number of halogens is 2. The molecule has 4 rings (SSSR count). The molecule has 0 amide bonds.